The van der Waals surface area contributed by atoms with Crippen molar-refractivity contribution in [3.8, 4) is 0 Å². The number of aromatic nitrogens is 4. The minimum atomic E-state index is 0.118. The average Bonchev–Trinajstić information content (AvgIpc) is 2.75. The number of ketones is 1. The van der Waals surface area contributed by atoms with Crippen LogP contribution in [0.5, 0.6) is 0 Å². The number of rotatable bonds is 1. The monoisotopic (exact) mass is 229 g/mol. The van der Waals surface area contributed by atoms with Gasteiger partial charge in [0.05, 0.1) is 12.4 Å². The molecule has 86 valence electrons. The number of hydrogen-bond acceptors (Lipinski definition) is 5. The summed E-state index contributed by atoms with van der Waals surface area (Å²) in [6.45, 7) is 0. The molecular weight excluding hydrogens is 218 g/mol. The smallest absolute Gasteiger partial charge is 0.165 e. The van der Waals surface area contributed by atoms with Gasteiger partial charge in [0.25, 0.3) is 0 Å². The van der Waals surface area contributed by atoms with Crippen LogP contribution in [0.4, 0.5) is 5.82 Å². The lowest BCUT2D eigenvalue weighted by molar-refractivity contribution is -0.115. The summed E-state index contributed by atoms with van der Waals surface area (Å²) < 4.78 is 1.93. The maximum atomic E-state index is 11.1. The highest BCUT2D eigenvalue weighted by molar-refractivity contribution is 5.90. The Balaban J connectivity index is 2.09. The molecule has 0 spiro atoms. The molecule has 17 heavy (non-hydrogen) atoms. The maximum absolute atomic E-state index is 11.1. The molecule has 1 aliphatic carbocycles. The normalized spacial score (nSPS) is 20.0. The number of fused-ring (bicyclic) bond motifs is 1. The fraction of sp³-hybridized carbons (Fsp3) is 0.273. The number of hydrogen-bond donors (Lipinski definition) is 1. The number of nitrogen functional groups attached to an aromatic ring is 1. The molecule has 0 fully saturated rings. The van der Waals surface area contributed by atoms with E-state index in [9.17, 15) is 4.79 Å². The fourth-order valence-corrected chi connectivity index (χ4v) is 2.03. The molecule has 3 rings (SSSR count). The molecule has 0 aliphatic heterocycles. The number of carbonyl (C=O) groups excluding carboxylic acids is 1. The summed E-state index contributed by atoms with van der Waals surface area (Å²) >= 11 is 0. The van der Waals surface area contributed by atoms with E-state index in [1.54, 1.807) is 12.4 Å². The van der Waals surface area contributed by atoms with Gasteiger partial charge in [0, 0.05) is 6.42 Å². The summed E-state index contributed by atoms with van der Waals surface area (Å²) in [4.78, 5) is 23.4. The second kappa shape index (κ2) is 3.65. The lowest BCUT2D eigenvalue weighted by Gasteiger charge is -2.17. The van der Waals surface area contributed by atoms with Crippen molar-refractivity contribution in [1.82, 2.24) is 19.5 Å². The van der Waals surface area contributed by atoms with Crippen LogP contribution in [0, 0.1) is 0 Å². The molecule has 0 bridgehead atoms. The zero-order valence-corrected chi connectivity index (χ0v) is 9.08. The number of anilines is 1. The largest absolute Gasteiger partial charge is 0.382 e. The third-order valence-corrected chi connectivity index (χ3v) is 2.94. The van der Waals surface area contributed by atoms with E-state index >= 15 is 0 Å². The van der Waals surface area contributed by atoms with Crippen molar-refractivity contribution < 1.29 is 4.79 Å². The van der Waals surface area contributed by atoms with Crippen LogP contribution in [0.3, 0.4) is 0 Å². The third-order valence-electron chi connectivity index (χ3n) is 2.94. The molecule has 1 atom stereocenters. The Morgan fingerprint density at radius 2 is 2.24 bits per heavy atom. The molecule has 0 saturated carbocycles. The van der Waals surface area contributed by atoms with E-state index in [2.05, 4.69) is 15.0 Å². The van der Waals surface area contributed by atoms with Gasteiger partial charge in [-0.05, 0) is 12.5 Å². The Morgan fingerprint density at radius 1 is 1.35 bits per heavy atom. The molecule has 2 aromatic heterocycles. The van der Waals surface area contributed by atoms with Gasteiger partial charge >= 0.3 is 0 Å². The Hall–Kier alpha value is -2.24. The zero-order valence-electron chi connectivity index (χ0n) is 9.08. The maximum Gasteiger partial charge on any atom is 0.165 e. The molecule has 0 amide bonds. The first-order valence-corrected chi connectivity index (χ1v) is 5.40. The van der Waals surface area contributed by atoms with Gasteiger partial charge in [0.2, 0.25) is 0 Å². The number of nitrogens with two attached hydrogens (primary N) is 1. The van der Waals surface area contributed by atoms with Gasteiger partial charge in [-0.25, -0.2) is 15.0 Å². The first-order valence-electron chi connectivity index (χ1n) is 5.40. The van der Waals surface area contributed by atoms with Gasteiger partial charge in [-0.1, -0.05) is 6.08 Å². The summed E-state index contributed by atoms with van der Waals surface area (Å²) in [5.74, 6) is 0.546. The van der Waals surface area contributed by atoms with Gasteiger partial charge in [-0.3, -0.25) is 4.79 Å². The summed E-state index contributed by atoms with van der Waals surface area (Å²) in [5.41, 5.74) is 7.04. The summed E-state index contributed by atoms with van der Waals surface area (Å²) in [6.07, 6.45) is 7.94. The van der Waals surface area contributed by atoms with Gasteiger partial charge in [-0.2, -0.15) is 0 Å². The SMILES string of the molecule is Nc1ncnc2c1ncn2C1C=CC(=O)CC1. The lowest BCUT2D eigenvalue weighted by Crippen LogP contribution is -2.12. The standard InChI is InChI=1S/C11H11N5O/c12-10-9-11(14-5-13-10)16(6-15-9)7-1-3-8(17)4-2-7/h1,3,5-7H,2,4H2,(H2,12,13,14). The van der Waals surface area contributed by atoms with Crippen molar-refractivity contribution in [3.05, 3.63) is 24.8 Å². The topological polar surface area (TPSA) is 86.7 Å². The van der Waals surface area contributed by atoms with Crippen molar-refractivity contribution >= 4 is 22.8 Å². The highest BCUT2D eigenvalue weighted by Gasteiger charge is 2.18. The molecule has 1 aliphatic rings. The van der Waals surface area contributed by atoms with Crippen molar-refractivity contribution in [3.63, 3.8) is 0 Å². The summed E-state index contributed by atoms with van der Waals surface area (Å²) in [5, 5.41) is 0. The van der Waals surface area contributed by atoms with Gasteiger partial charge in [0.15, 0.2) is 17.2 Å². The van der Waals surface area contributed by atoms with Gasteiger partial charge < -0.3 is 10.3 Å². The molecule has 6 nitrogen and oxygen atoms in total. The molecule has 6 heteroatoms. The van der Waals surface area contributed by atoms with Gasteiger partial charge in [0.1, 0.15) is 11.8 Å². The van der Waals surface area contributed by atoms with E-state index in [0.29, 0.717) is 23.4 Å². The lowest BCUT2D eigenvalue weighted by atomic mass is 10.0. The van der Waals surface area contributed by atoms with Crippen LogP contribution in [0.2, 0.25) is 0 Å². The minimum absolute atomic E-state index is 0.118. The molecule has 1 unspecified atom stereocenters. The predicted molar refractivity (Wildman–Crippen MR) is 62.2 cm³/mol. The highest BCUT2D eigenvalue weighted by Crippen LogP contribution is 2.25. The van der Waals surface area contributed by atoms with Crippen LogP contribution in [0.25, 0.3) is 11.2 Å². The van der Waals surface area contributed by atoms with Crippen molar-refractivity contribution in [2.75, 3.05) is 5.73 Å². The van der Waals surface area contributed by atoms with Crippen LogP contribution in [-0.2, 0) is 4.79 Å². The van der Waals surface area contributed by atoms with E-state index in [-0.39, 0.29) is 11.8 Å². The van der Waals surface area contributed by atoms with Crippen LogP contribution >= 0.6 is 0 Å². The second-order valence-electron chi connectivity index (χ2n) is 4.01. The summed E-state index contributed by atoms with van der Waals surface area (Å²) in [6, 6.07) is 0.118. The Labute approximate surface area is 97.2 Å². The molecule has 2 heterocycles. The van der Waals surface area contributed by atoms with E-state index in [4.69, 9.17) is 5.73 Å². The molecule has 0 saturated heterocycles. The van der Waals surface area contributed by atoms with E-state index in [1.807, 2.05) is 10.6 Å². The fourth-order valence-electron chi connectivity index (χ4n) is 2.03. The number of nitrogens with zero attached hydrogens (tertiary/aromatic N) is 4. The second-order valence-corrected chi connectivity index (χ2v) is 4.01. The van der Waals surface area contributed by atoms with Crippen molar-refractivity contribution in [1.29, 1.82) is 0 Å². The molecule has 2 N–H and O–H groups in total. The Kier molecular flexibility index (Phi) is 2.14. The Morgan fingerprint density at radius 3 is 3.00 bits per heavy atom. The van der Waals surface area contributed by atoms with Crippen LogP contribution in [-0.4, -0.2) is 25.3 Å². The van der Waals surface area contributed by atoms with Crippen molar-refractivity contribution in [2.45, 2.75) is 18.9 Å². The zero-order chi connectivity index (χ0) is 11.8. The number of allylic oxidation sites excluding steroid dienone is 2. The van der Waals surface area contributed by atoms with Gasteiger partial charge in [-0.15, -0.1) is 0 Å². The van der Waals surface area contributed by atoms with Crippen molar-refractivity contribution in [2.24, 2.45) is 0 Å². The van der Waals surface area contributed by atoms with Crippen LogP contribution < -0.4 is 5.73 Å². The minimum Gasteiger partial charge on any atom is -0.382 e. The van der Waals surface area contributed by atoms with Crippen LogP contribution in [0.15, 0.2) is 24.8 Å². The first kappa shape index (κ1) is 9.95. The third kappa shape index (κ3) is 1.57. The first-order chi connectivity index (χ1) is 8.25. The molecule has 2 aromatic rings. The Bertz CT molecular complexity index is 615. The van der Waals surface area contributed by atoms with E-state index in [0.717, 1.165) is 6.42 Å². The molecule has 0 radical (unpaired) electrons. The van der Waals surface area contributed by atoms with E-state index < -0.39 is 0 Å². The number of imidazole rings is 1. The highest BCUT2D eigenvalue weighted by atomic mass is 16.1. The molecule has 0 aromatic carbocycles. The van der Waals surface area contributed by atoms with Crippen LogP contribution in [0.1, 0.15) is 18.9 Å². The summed E-state index contributed by atoms with van der Waals surface area (Å²) in [7, 11) is 0. The molecular formula is C11H11N5O. The average molecular weight is 229 g/mol. The predicted octanol–water partition coefficient (Wildman–Crippen LogP) is 0.869. The quantitative estimate of drug-likeness (QED) is 0.784. The number of carbonyl (C=O) groups is 1. The van der Waals surface area contributed by atoms with E-state index in [1.165, 1.54) is 6.33 Å².